The summed E-state index contributed by atoms with van der Waals surface area (Å²) in [7, 11) is 1.60. The fourth-order valence-electron chi connectivity index (χ4n) is 3.10. The van der Waals surface area contributed by atoms with Gasteiger partial charge in [0, 0.05) is 16.9 Å². The molecule has 0 saturated heterocycles. The quantitative estimate of drug-likeness (QED) is 0.372. The van der Waals surface area contributed by atoms with Crippen molar-refractivity contribution in [3.8, 4) is 11.4 Å². The zero-order valence-electron chi connectivity index (χ0n) is 18.6. The van der Waals surface area contributed by atoms with Crippen molar-refractivity contribution in [3.63, 3.8) is 0 Å². The molecule has 0 aliphatic heterocycles. The second-order valence-electron chi connectivity index (χ2n) is 7.26. The van der Waals surface area contributed by atoms with Crippen molar-refractivity contribution < 1.29 is 14.3 Å². The lowest BCUT2D eigenvalue weighted by Gasteiger charge is -2.12. The van der Waals surface area contributed by atoms with Crippen LogP contribution >= 0.6 is 11.8 Å². The first kappa shape index (κ1) is 23.0. The van der Waals surface area contributed by atoms with E-state index < -0.39 is 0 Å². The Kier molecular flexibility index (Phi) is 7.19. The van der Waals surface area contributed by atoms with E-state index in [1.165, 1.54) is 11.8 Å². The molecule has 1 aromatic heterocycles. The lowest BCUT2D eigenvalue weighted by atomic mass is 10.1. The van der Waals surface area contributed by atoms with Crippen molar-refractivity contribution in [2.45, 2.75) is 12.1 Å². The van der Waals surface area contributed by atoms with Gasteiger partial charge in [0.2, 0.25) is 11.1 Å². The molecule has 1 heterocycles. The van der Waals surface area contributed by atoms with Gasteiger partial charge in [-0.05, 0) is 71.4 Å². The number of rotatable bonds is 8. The summed E-state index contributed by atoms with van der Waals surface area (Å²) in [5, 5.41) is 18.0. The summed E-state index contributed by atoms with van der Waals surface area (Å²) in [5.41, 5.74) is 3.40. The first-order chi connectivity index (χ1) is 16.5. The predicted molar refractivity (Wildman–Crippen MR) is 131 cm³/mol. The lowest BCUT2D eigenvalue weighted by Crippen LogP contribution is -2.16. The number of carbonyl (C=O) groups is 2. The SMILES string of the molecule is COc1ccc(-n2nnnc2SCC(=O)Nc2ccc(C)c(NC(=O)c3ccccc3)c2)cc1. The molecule has 34 heavy (non-hydrogen) atoms. The summed E-state index contributed by atoms with van der Waals surface area (Å²) >= 11 is 1.21. The fraction of sp³-hybridized carbons (Fsp3) is 0.125. The molecule has 9 nitrogen and oxygen atoms in total. The molecule has 0 atom stereocenters. The number of carbonyl (C=O) groups excluding carboxylic acids is 2. The van der Waals surface area contributed by atoms with Gasteiger partial charge in [0.05, 0.1) is 18.6 Å². The second kappa shape index (κ2) is 10.6. The molecule has 3 aromatic carbocycles. The number of benzene rings is 3. The highest BCUT2D eigenvalue weighted by Crippen LogP contribution is 2.23. The van der Waals surface area contributed by atoms with Crippen molar-refractivity contribution in [2.75, 3.05) is 23.5 Å². The van der Waals surface area contributed by atoms with Gasteiger partial charge in [-0.1, -0.05) is 36.0 Å². The zero-order chi connectivity index (χ0) is 23.9. The van der Waals surface area contributed by atoms with Crippen LogP contribution in [0.2, 0.25) is 0 Å². The molecule has 0 spiro atoms. The van der Waals surface area contributed by atoms with Gasteiger partial charge in [-0.25, -0.2) is 0 Å². The Bertz CT molecular complexity index is 1290. The number of tetrazole rings is 1. The molecule has 4 rings (SSSR count). The number of aryl methyl sites for hydroxylation is 1. The van der Waals surface area contributed by atoms with Crippen LogP contribution in [0.1, 0.15) is 15.9 Å². The average molecular weight is 475 g/mol. The fourth-order valence-corrected chi connectivity index (χ4v) is 3.79. The largest absolute Gasteiger partial charge is 0.497 e. The van der Waals surface area contributed by atoms with Gasteiger partial charge in [0.15, 0.2) is 0 Å². The van der Waals surface area contributed by atoms with Crippen LogP contribution in [0.5, 0.6) is 5.75 Å². The first-order valence-electron chi connectivity index (χ1n) is 10.4. The summed E-state index contributed by atoms with van der Waals surface area (Å²) in [6, 6.07) is 21.6. The maximum Gasteiger partial charge on any atom is 0.255 e. The number of anilines is 2. The average Bonchev–Trinajstić information content (AvgIpc) is 3.34. The van der Waals surface area contributed by atoms with Crippen LogP contribution < -0.4 is 15.4 Å². The lowest BCUT2D eigenvalue weighted by molar-refractivity contribution is -0.113. The highest BCUT2D eigenvalue weighted by molar-refractivity contribution is 7.99. The van der Waals surface area contributed by atoms with Crippen molar-refractivity contribution in [2.24, 2.45) is 0 Å². The Morgan fingerprint density at radius 3 is 2.50 bits per heavy atom. The number of hydrogen-bond donors (Lipinski definition) is 2. The van der Waals surface area contributed by atoms with Crippen LogP contribution in [0, 0.1) is 6.92 Å². The number of methoxy groups -OCH3 is 1. The maximum atomic E-state index is 12.6. The normalized spacial score (nSPS) is 10.5. The summed E-state index contributed by atoms with van der Waals surface area (Å²) in [6.07, 6.45) is 0. The number of hydrogen-bond acceptors (Lipinski definition) is 7. The topological polar surface area (TPSA) is 111 Å². The van der Waals surface area contributed by atoms with E-state index in [0.29, 0.717) is 22.1 Å². The number of ether oxygens (including phenoxy) is 1. The number of nitrogens with one attached hydrogen (secondary N) is 2. The minimum absolute atomic E-state index is 0.107. The highest BCUT2D eigenvalue weighted by Gasteiger charge is 2.13. The van der Waals surface area contributed by atoms with Gasteiger partial charge >= 0.3 is 0 Å². The number of aromatic nitrogens is 4. The molecule has 0 saturated carbocycles. The summed E-state index contributed by atoms with van der Waals surface area (Å²) in [6.45, 7) is 1.89. The number of amides is 2. The molecule has 0 aliphatic rings. The Morgan fingerprint density at radius 2 is 1.76 bits per heavy atom. The van der Waals surface area contributed by atoms with Gasteiger partial charge in [0.25, 0.3) is 5.91 Å². The van der Waals surface area contributed by atoms with Crippen LogP contribution in [0.25, 0.3) is 5.69 Å². The first-order valence-corrected chi connectivity index (χ1v) is 11.3. The van der Waals surface area contributed by atoms with Crippen molar-refractivity contribution in [1.82, 2.24) is 20.2 Å². The van der Waals surface area contributed by atoms with Crippen molar-refractivity contribution in [3.05, 3.63) is 83.9 Å². The molecule has 10 heteroatoms. The van der Waals surface area contributed by atoms with E-state index in [1.807, 2.05) is 43.3 Å². The molecule has 0 unspecified atom stereocenters. The third kappa shape index (κ3) is 5.59. The van der Waals surface area contributed by atoms with Crippen LogP contribution in [0.15, 0.2) is 78.0 Å². The van der Waals surface area contributed by atoms with E-state index in [0.717, 1.165) is 17.0 Å². The summed E-state index contributed by atoms with van der Waals surface area (Å²) in [5.74, 6) is 0.394. The Morgan fingerprint density at radius 1 is 1.00 bits per heavy atom. The maximum absolute atomic E-state index is 12.6. The molecular weight excluding hydrogens is 452 g/mol. The van der Waals surface area contributed by atoms with Gasteiger partial charge in [0.1, 0.15) is 5.75 Å². The standard InChI is InChI=1S/C24H22N6O3S/c1-16-8-9-18(14-21(16)26-23(32)17-6-4-3-5-7-17)25-22(31)15-34-24-27-28-29-30(24)19-10-12-20(33-2)13-11-19/h3-14H,15H2,1-2H3,(H,25,31)(H,26,32). The smallest absolute Gasteiger partial charge is 0.255 e. The van der Waals surface area contributed by atoms with E-state index in [4.69, 9.17) is 4.74 Å². The van der Waals surface area contributed by atoms with Crippen LogP contribution in [-0.2, 0) is 4.79 Å². The van der Waals surface area contributed by atoms with Crippen LogP contribution in [-0.4, -0.2) is 44.9 Å². The predicted octanol–water partition coefficient (Wildman–Crippen LogP) is 3.96. The van der Waals surface area contributed by atoms with Gasteiger partial charge < -0.3 is 15.4 Å². The summed E-state index contributed by atoms with van der Waals surface area (Å²) < 4.78 is 6.73. The van der Waals surface area contributed by atoms with E-state index in [9.17, 15) is 9.59 Å². The molecule has 172 valence electrons. The van der Waals surface area contributed by atoms with Crippen LogP contribution in [0.4, 0.5) is 11.4 Å². The Labute approximate surface area is 200 Å². The molecule has 0 bridgehead atoms. The Balaban J connectivity index is 1.38. The number of thioether (sulfide) groups is 1. The summed E-state index contributed by atoms with van der Waals surface area (Å²) in [4.78, 5) is 25.1. The van der Waals surface area contributed by atoms with E-state index >= 15 is 0 Å². The second-order valence-corrected chi connectivity index (χ2v) is 8.20. The molecule has 2 amide bonds. The van der Waals surface area contributed by atoms with Crippen molar-refractivity contribution >= 4 is 35.0 Å². The van der Waals surface area contributed by atoms with Gasteiger partial charge in [-0.3, -0.25) is 9.59 Å². The molecule has 0 aliphatic carbocycles. The van der Waals surface area contributed by atoms with Gasteiger partial charge in [-0.2, -0.15) is 4.68 Å². The van der Waals surface area contributed by atoms with E-state index in [-0.39, 0.29) is 17.6 Å². The van der Waals surface area contributed by atoms with Crippen LogP contribution in [0.3, 0.4) is 0 Å². The highest BCUT2D eigenvalue weighted by atomic mass is 32.2. The third-order valence-corrected chi connectivity index (χ3v) is 5.82. The molecular formula is C24H22N6O3S. The Hall–Kier alpha value is -4.18. The molecule has 4 aromatic rings. The minimum atomic E-state index is -0.224. The zero-order valence-corrected chi connectivity index (χ0v) is 19.4. The third-order valence-electron chi connectivity index (χ3n) is 4.90. The van der Waals surface area contributed by atoms with Gasteiger partial charge in [-0.15, -0.1) is 5.10 Å². The van der Waals surface area contributed by atoms with E-state index in [1.54, 1.807) is 48.2 Å². The van der Waals surface area contributed by atoms with Crippen molar-refractivity contribution in [1.29, 1.82) is 0 Å². The molecule has 2 N–H and O–H groups in total. The van der Waals surface area contributed by atoms with E-state index in [2.05, 4.69) is 26.2 Å². The number of nitrogens with zero attached hydrogens (tertiary/aromatic N) is 4. The molecule has 0 radical (unpaired) electrons. The molecule has 0 fully saturated rings. The minimum Gasteiger partial charge on any atom is -0.497 e. The monoisotopic (exact) mass is 474 g/mol.